The van der Waals surface area contributed by atoms with Crippen LogP contribution in [0.25, 0.3) is 5.57 Å². The summed E-state index contributed by atoms with van der Waals surface area (Å²) in [4.78, 5) is 11.7. The first-order chi connectivity index (χ1) is 9.41. The minimum atomic E-state index is -0.247. The van der Waals surface area contributed by atoms with E-state index in [1.54, 1.807) is 0 Å². The van der Waals surface area contributed by atoms with E-state index in [4.69, 9.17) is 4.74 Å². The molecule has 0 radical (unpaired) electrons. The van der Waals surface area contributed by atoms with Crippen molar-refractivity contribution in [2.75, 3.05) is 6.61 Å². The molecule has 1 unspecified atom stereocenters. The Balaban J connectivity index is 2.13. The van der Waals surface area contributed by atoms with Crippen LogP contribution in [-0.2, 0) is 14.9 Å². The lowest BCUT2D eigenvalue weighted by Crippen LogP contribution is -2.31. The molecule has 2 rings (SSSR count). The minimum Gasteiger partial charge on any atom is -0.464 e. The molecular weight excluding hydrogens is 250 g/mol. The zero-order valence-electron chi connectivity index (χ0n) is 12.7. The van der Waals surface area contributed by atoms with Crippen LogP contribution in [-0.4, -0.2) is 18.6 Å². The number of carbonyl (C=O) groups excluding carboxylic acids is 1. The van der Waals surface area contributed by atoms with Crippen LogP contribution in [0.1, 0.15) is 45.2 Å². The van der Waals surface area contributed by atoms with E-state index in [-0.39, 0.29) is 17.4 Å². The average Bonchev–Trinajstić information content (AvgIpc) is 2.88. The van der Waals surface area contributed by atoms with Crippen molar-refractivity contribution in [3.05, 3.63) is 41.6 Å². The van der Waals surface area contributed by atoms with Gasteiger partial charge in [-0.05, 0) is 29.0 Å². The molecule has 0 aromatic heterocycles. The van der Waals surface area contributed by atoms with E-state index in [0.29, 0.717) is 13.0 Å². The van der Waals surface area contributed by atoms with Crippen LogP contribution >= 0.6 is 0 Å². The molecule has 20 heavy (non-hydrogen) atoms. The third kappa shape index (κ3) is 3.21. The van der Waals surface area contributed by atoms with E-state index in [1.165, 1.54) is 11.1 Å². The molecule has 1 aliphatic rings. The van der Waals surface area contributed by atoms with E-state index in [1.807, 2.05) is 13.1 Å². The van der Waals surface area contributed by atoms with Crippen molar-refractivity contribution in [2.45, 2.75) is 45.6 Å². The largest absolute Gasteiger partial charge is 0.464 e. The second-order valence-corrected chi connectivity index (χ2v) is 6.18. The molecule has 0 aliphatic carbocycles. The molecule has 1 aromatic carbocycles. The van der Waals surface area contributed by atoms with Crippen molar-refractivity contribution in [2.24, 2.45) is 0 Å². The maximum atomic E-state index is 11.7. The first kappa shape index (κ1) is 14.6. The Morgan fingerprint density at radius 2 is 2.15 bits per heavy atom. The lowest BCUT2D eigenvalue weighted by Gasteiger charge is -2.20. The number of esters is 1. The van der Waals surface area contributed by atoms with Gasteiger partial charge in [0.1, 0.15) is 6.04 Å². The Morgan fingerprint density at radius 1 is 1.40 bits per heavy atom. The highest BCUT2D eigenvalue weighted by atomic mass is 16.5. The Kier molecular flexibility index (Phi) is 4.17. The number of nitrogens with one attached hydrogen (secondary N) is 1. The highest BCUT2D eigenvalue weighted by Gasteiger charge is 2.25. The van der Waals surface area contributed by atoms with Crippen molar-refractivity contribution in [3.8, 4) is 0 Å². The van der Waals surface area contributed by atoms with Crippen molar-refractivity contribution < 1.29 is 9.53 Å². The molecule has 0 saturated heterocycles. The molecule has 3 heteroatoms. The molecule has 0 amide bonds. The topological polar surface area (TPSA) is 38.3 Å². The predicted octanol–water partition coefficient (Wildman–Crippen LogP) is 3.25. The molecule has 0 spiro atoms. The Morgan fingerprint density at radius 3 is 2.80 bits per heavy atom. The number of ether oxygens (including phenoxy) is 1. The highest BCUT2D eigenvalue weighted by Crippen LogP contribution is 2.29. The van der Waals surface area contributed by atoms with Gasteiger partial charge < -0.3 is 10.1 Å². The standard InChI is InChI=1S/C17H23NO2/c1-5-20-16(19)15-10-13(11-18-15)12-7-6-8-14(9-12)17(2,3)4/h6-9,11,15,18H,5,10H2,1-4H3. The van der Waals surface area contributed by atoms with Crippen LogP contribution in [0.4, 0.5) is 0 Å². The zero-order chi connectivity index (χ0) is 14.8. The van der Waals surface area contributed by atoms with Gasteiger partial charge in [-0.3, -0.25) is 0 Å². The summed E-state index contributed by atoms with van der Waals surface area (Å²) in [5.41, 5.74) is 3.77. The molecule has 0 saturated carbocycles. The summed E-state index contributed by atoms with van der Waals surface area (Å²) < 4.78 is 5.05. The Hall–Kier alpha value is -1.77. The number of benzene rings is 1. The lowest BCUT2D eigenvalue weighted by atomic mass is 9.85. The minimum absolute atomic E-state index is 0.128. The average molecular weight is 273 g/mol. The number of hydrogen-bond acceptors (Lipinski definition) is 3. The molecule has 1 heterocycles. The predicted molar refractivity (Wildman–Crippen MR) is 81.3 cm³/mol. The van der Waals surface area contributed by atoms with Crippen molar-refractivity contribution in [1.82, 2.24) is 5.32 Å². The summed E-state index contributed by atoms with van der Waals surface area (Å²) in [6, 6.07) is 8.28. The summed E-state index contributed by atoms with van der Waals surface area (Å²) in [7, 11) is 0. The van der Waals surface area contributed by atoms with Gasteiger partial charge in [0.15, 0.2) is 0 Å². The third-order valence-corrected chi connectivity index (χ3v) is 3.55. The van der Waals surface area contributed by atoms with Crippen LogP contribution in [0.2, 0.25) is 0 Å². The van der Waals surface area contributed by atoms with Crippen LogP contribution in [0.3, 0.4) is 0 Å². The van der Waals surface area contributed by atoms with Crippen molar-refractivity contribution in [1.29, 1.82) is 0 Å². The second-order valence-electron chi connectivity index (χ2n) is 6.18. The SMILES string of the molecule is CCOC(=O)C1CC(c2cccc(C(C)(C)C)c2)=CN1. The van der Waals surface area contributed by atoms with Crippen LogP contribution in [0.15, 0.2) is 30.5 Å². The van der Waals surface area contributed by atoms with Crippen LogP contribution in [0.5, 0.6) is 0 Å². The monoisotopic (exact) mass is 273 g/mol. The Bertz CT molecular complexity index is 526. The fourth-order valence-electron chi connectivity index (χ4n) is 2.32. The Labute approximate surface area is 121 Å². The van der Waals surface area contributed by atoms with Gasteiger partial charge >= 0.3 is 5.97 Å². The van der Waals surface area contributed by atoms with Gasteiger partial charge in [0.2, 0.25) is 0 Å². The van der Waals surface area contributed by atoms with Crippen LogP contribution in [0, 0.1) is 0 Å². The molecule has 1 N–H and O–H groups in total. The summed E-state index contributed by atoms with van der Waals surface area (Å²) in [6.45, 7) is 8.86. The second kappa shape index (κ2) is 5.70. The molecule has 108 valence electrons. The smallest absolute Gasteiger partial charge is 0.328 e. The van der Waals surface area contributed by atoms with E-state index in [0.717, 1.165) is 5.57 Å². The number of rotatable bonds is 3. The quantitative estimate of drug-likeness (QED) is 0.859. The fraction of sp³-hybridized carbons (Fsp3) is 0.471. The molecule has 0 bridgehead atoms. The normalized spacial score (nSPS) is 18.4. The molecular formula is C17H23NO2. The summed E-state index contributed by atoms with van der Waals surface area (Å²) in [6.07, 6.45) is 2.62. The van der Waals surface area contributed by atoms with Crippen molar-refractivity contribution in [3.63, 3.8) is 0 Å². The van der Waals surface area contributed by atoms with E-state index in [9.17, 15) is 4.79 Å². The molecule has 1 atom stereocenters. The molecule has 1 aromatic rings. The first-order valence-electron chi connectivity index (χ1n) is 7.14. The van der Waals surface area contributed by atoms with Gasteiger partial charge in [0, 0.05) is 12.6 Å². The fourth-order valence-corrected chi connectivity index (χ4v) is 2.32. The van der Waals surface area contributed by atoms with E-state index >= 15 is 0 Å². The molecule has 1 aliphatic heterocycles. The maximum Gasteiger partial charge on any atom is 0.328 e. The van der Waals surface area contributed by atoms with Gasteiger partial charge in [-0.1, -0.05) is 45.0 Å². The summed E-state index contributed by atoms with van der Waals surface area (Å²) in [5, 5.41) is 3.11. The first-order valence-corrected chi connectivity index (χ1v) is 7.14. The van der Waals surface area contributed by atoms with E-state index < -0.39 is 0 Å². The highest BCUT2D eigenvalue weighted by molar-refractivity contribution is 5.82. The lowest BCUT2D eigenvalue weighted by molar-refractivity contribution is -0.145. The molecule has 0 fully saturated rings. The number of carbonyl (C=O) groups is 1. The van der Waals surface area contributed by atoms with Crippen molar-refractivity contribution >= 4 is 11.5 Å². The van der Waals surface area contributed by atoms with Gasteiger partial charge in [0.25, 0.3) is 0 Å². The summed E-state index contributed by atoms with van der Waals surface area (Å²) in [5.74, 6) is -0.175. The van der Waals surface area contributed by atoms with Crippen LogP contribution < -0.4 is 5.32 Å². The third-order valence-electron chi connectivity index (χ3n) is 3.55. The van der Waals surface area contributed by atoms with Gasteiger partial charge in [-0.2, -0.15) is 0 Å². The van der Waals surface area contributed by atoms with Gasteiger partial charge in [-0.15, -0.1) is 0 Å². The van der Waals surface area contributed by atoms with E-state index in [2.05, 4.69) is 50.4 Å². The number of hydrogen-bond donors (Lipinski definition) is 1. The molecule has 3 nitrogen and oxygen atoms in total. The van der Waals surface area contributed by atoms with Gasteiger partial charge in [-0.25, -0.2) is 4.79 Å². The maximum absolute atomic E-state index is 11.7. The zero-order valence-corrected chi connectivity index (χ0v) is 12.7. The van der Waals surface area contributed by atoms with Gasteiger partial charge in [0.05, 0.1) is 6.61 Å². The summed E-state index contributed by atoms with van der Waals surface area (Å²) >= 11 is 0.